The Labute approximate surface area is 192 Å². The molecular formula is C23H18BrClN2O2S. The van der Waals surface area contributed by atoms with Gasteiger partial charge in [0.2, 0.25) is 0 Å². The molecule has 3 aromatic carbocycles. The number of hydrogen-bond acceptors (Lipinski definition) is 4. The summed E-state index contributed by atoms with van der Waals surface area (Å²) >= 11 is 11.3. The van der Waals surface area contributed by atoms with E-state index in [1.165, 1.54) is 11.3 Å². The lowest BCUT2D eigenvalue weighted by Crippen LogP contribution is -2.30. The van der Waals surface area contributed by atoms with Gasteiger partial charge in [0.05, 0.1) is 28.4 Å². The van der Waals surface area contributed by atoms with Gasteiger partial charge >= 0.3 is 0 Å². The van der Waals surface area contributed by atoms with E-state index in [-0.39, 0.29) is 5.91 Å². The minimum atomic E-state index is -0.206. The van der Waals surface area contributed by atoms with Crippen molar-refractivity contribution in [3.8, 4) is 5.75 Å². The molecule has 0 fully saturated rings. The summed E-state index contributed by atoms with van der Waals surface area (Å²) < 4.78 is 7.47. The summed E-state index contributed by atoms with van der Waals surface area (Å²) in [5, 5.41) is 0.999. The molecule has 0 spiro atoms. The first-order chi connectivity index (χ1) is 14.6. The number of anilines is 1. The Hall–Kier alpha value is -2.41. The van der Waals surface area contributed by atoms with Crippen LogP contribution in [0, 0.1) is 0 Å². The number of fused-ring (bicyclic) bond motifs is 1. The van der Waals surface area contributed by atoms with E-state index in [9.17, 15) is 4.79 Å². The fraction of sp³-hybridized carbons (Fsp3) is 0.130. The number of nitrogens with zero attached hydrogens (tertiary/aromatic N) is 2. The number of amides is 1. The maximum Gasteiger partial charge on any atom is 0.261 e. The fourth-order valence-electron chi connectivity index (χ4n) is 3.10. The Balaban J connectivity index is 1.81. The SMILES string of the molecule is CCOc1cccc2sc(N(Cc3ccccc3)C(=O)c3cc(Br)ccc3Cl)nc12. The minimum absolute atomic E-state index is 0.206. The predicted molar refractivity (Wildman–Crippen MR) is 127 cm³/mol. The van der Waals surface area contributed by atoms with E-state index in [1.54, 1.807) is 17.0 Å². The van der Waals surface area contributed by atoms with Crippen LogP contribution in [0.3, 0.4) is 0 Å². The number of para-hydroxylation sites is 1. The van der Waals surface area contributed by atoms with Gasteiger partial charge in [0.1, 0.15) is 11.3 Å². The van der Waals surface area contributed by atoms with Crippen LogP contribution in [0.1, 0.15) is 22.8 Å². The van der Waals surface area contributed by atoms with E-state index in [0.29, 0.717) is 34.6 Å². The zero-order valence-corrected chi connectivity index (χ0v) is 19.3. The quantitative estimate of drug-likeness (QED) is 0.287. The summed E-state index contributed by atoms with van der Waals surface area (Å²) in [6.07, 6.45) is 0. The molecular weight excluding hydrogens is 484 g/mol. The van der Waals surface area contributed by atoms with E-state index in [4.69, 9.17) is 21.3 Å². The van der Waals surface area contributed by atoms with Crippen molar-refractivity contribution in [3.05, 3.63) is 87.4 Å². The molecule has 0 radical (unpaired) electrons. The van der Waals surface area contributed by atoms with Gasteiger partial charge in [-0.2, -0.15) is 0 Å². The number of hydrogen-bond donors (Lipinski definition) is 0. The number of ether oxygens (including phenoxy) is 1. The summed E-state index contributed by atoms with van der Waals surface area (Å²) in [6, 6.07) is 20.9. The number of carbonyl (C=O) groups excluding carboxylic acids is 1. The van der Waals surface area contributed by atoms with Crippen molar-refractivity contribution in [1.29, 1.82) is 0 Å². The van der Waals surface area contributed by atoms with E-state index in [1.807, 2.05) is 61.5 Å². The lowest BCUT2D eigenvalue weighted by Gasteiger charge is -2.21. The smallest absolute Gasteiger partial charge is 0.261 e. The highest BCUT2D eigenvalue weighted by Crippen LogP contribution is 2.36. The average molecular weight is 502 g/mol. The highest BCUT2D eigenvalue weighted by atomic mass is 79.9. The van der Waals surface area contributed by atoms with Crippen LogP contribution < -0.4 is 9.64 Å². The second-order valence-electron chi connectivity index (χ2n) is 6.53. The molecule has 0 atom stereocenters. The molecule has 0 aliphatic rings. The largest absolute Gasteiger partial charge is 0.492 e. The lowest BCUT2D eigenvalue weighted by molar-refractivity contribution is 0.0985. The monoisotopic (exact) mass is 500 g/mol. The zero-order chi connectivity index (χ0) is 21.1. The van der Waals surface area contributed by atoms with Crippen LogP contribution in [0.5, 0.6) is 5.75 Å². The molecule has 4 nitrogen and oxygen atoms in total. The van der Waals surface area contributed by atoms with Crippen molar-refractivity contribution in [3.63, 3.8) is 0 Å². The van der Waals surface area contributed by atoms with E-state index in [0.717, 1.165) is 20.3 Å². The number of carbonyl (C=O) groups is 1. The van der Waals surface area contributed by atoms with Crippen LogP contribution in [-0.2, 0) is 6.54 Å². The van der Waals surface area contributed by atoms with E-state index < -0.39 is 0 Å². The van der Waals surface area contributed by atoms with Crippen molar-refractivity contribution >= 4 is 60.1 Å². The molecule has 0 unspecified atom stereocenters. The molecule has 0 N–H and O–H groups in total. The number of rotatable bonds is 6. The maximum atomic E-state index is 13.6. The normalized spacial score (nSPS) is 10.9. The van der Waals surface area contributed by atoms with Gasteiger partial charge in [-0.1, -0.05) is 75.3 Å². The van der Waals surface area contributed by atoms with Crippen molar-refractivity contribution in [2.45, 2.75) is 13.5 Å². The lowest BCUT2D eigenvalue weighted by atomic mass is 10.1. The summed E-state index contributed by atoms with van der Waals surface area (Å²) in [7, 11) is 0. The number of benzene rings is 3. The van der Waals surface area contributed by atoms with Gasteiger partial charge in [0, 0.05) is 4.47 Å². The molecule has 0 aliphatic carbocycles. The summed E-state index contributed by atoms with van der Waals surface area (Å²) in [6.45, 7) is 2.87. The van der Waals surface area contributed by atoms with Crippen LogP contribution in [0.4, 0.5) is 5.13 Å². The van der Waals surface area contributed by atoms with Gasteiger partial charge < -0.3 is 4.74 Å². The number of aromatic nitrogens is 1. The van der Waals surface area contributed by atoms with Crippen molar-refractivity contribution in [2.75, 3.05) is 11.5 Å². The maximum absolute atomic E-state index is 13.6. The van der Waals surface area contributed by atoms with Gasteiger partial charge in [-0.05, 0) is 42.8 Å². The molecule has 0 saturated heterocycles. The molecule has 152 valence electrons. The highest BCUT2D eigenvalue weighted by Gasteiger charge is 2.24. The molecule has 4 rings (SSSR count). The highest BCUT2D eigenvalue weighted by molar-refractivity contribution is 9.10. The zero-order valence-electron chi connectivity index (χ0n) is 16.1. The average Bonchev–Trinajstić information content (AvgIpc) is 3.19. The van der Waals surface area contributed by atoms with Gasteiger partial charge in [0.15, 0.2) is 5.13 Å². The van der Waals surface area contributed by atoms with Gasteiger partial charge in [-0.25, -0.2) is 4.98 Å². The van der Waals surface area contributed by atoms with Gasteiger partial charge in [0.25, 0.3) is 5.91 Å². The van der Waals surface area contributed by atoms with Crippen LogP contribution in [0.2, 0.25) is 5.02 Å². The Bertz CT molecular complexity index is 1200. The van der Waals surface area contributed by atoms with Crippen LogP contribution in [0.15, 0.2) is 71.2 Å². The summed E-state index contributed by atoms with van der Waals surface area (Å²) in [5.74, 6) is 0.507. The molecule has 0 aliphatic heterocycles. The second kappa shape index (κ2) is 9.16. The van der Waals surface area contributed by atoms with Crippen molar-refractivity contribution < 1.29 is 9.53 Å². The first-order valence-electron chi connectivity index (χ1n) is 9.40. The van der Waals surface area contributed by atoms with E-state index in [2.05, 4.69) is 15.9 Å². The Morgan fingerprint density at radius 1 is 1.13 bits per heavy atom. The molecule has 1 aromatic heterocycles. The molecule has 1 heterocycles. The number of thiazole rings is 1. The third-order valence-corrected chi connectivity index (χ3v) is 6.36. The van der Waals surface area contributed by atoms with Gasteiger partial charge in [-0.3, -0.25) is 9.69 Å². The van der Waals surface area contributed by atoms with Crippen LogP contribution >= 0.6 is 38.9 Å². The molecule has 0 bridgehead atoms. The Morgan fingerprint density at radius 2 is 1.93 bits per heavy atom. The minimum Gasteiger partial charge on any atom is -0.492 e. The van der Waals surface area contributed by atoms with E-state index >= 15 is 0 Å². The first-order valence-corrected chi connectivity index (χ1v) is 11.4. The molecule has 7 heteroatoms. The molecule has 4 aromatic rings. The van der Waals surface area contributed by atoms with Gasteiger partial charge in [-0.15, -0.1) is 0 Å². The topological polar surface area (TPSA) is 42.4 Å². The third kappa shape index (κ3) is 4.36. The van der Waals surface area contributed by atoms with Crippen molar-refractivity contribution in [2.24, 2.45) is 0 Å². The number of halogens is 2. The van der Waals surface area contributed by atoms with Crippen LogP contribution in [-0.4, -0.2) is 17.5 Å². The summed E-state index contributed by atoms with van der Waals surface area (Å²) in [5.41, 5.74) is 2.18. The Kier molecular flexibility index (Phi) is 6.37. The predicted octanol–water partition coefficient (Wildman–Crippen LogP) is 6.96. The molecule has 1 amide bonds. The fourth-order valence-corrected chi connectivity index (χ4v) is 4.64. The third-order valence-electron chi connectivity index (χ3n) is 4.49. The second-order valence-corrected chi connectivity index (χ2v) is 8.87. The molecule has 30 heavy (non-hydrogen) atoms. The Morgan fingerprint density at radius 3 is 2.70 bits per heavy atom. The van der Waals surface area contributed by atoms with Crippen LogP contribution in [0.25, 0.3) is 10.2 Å². The standard InChI is InChI=1S/C23H18BrClN2O2S/c1-2-29-19-9-6-10-20-21(19)26-23(30-20)27(14-15-7-4-3-5-8-15)22(28)17-13-16(24)11-12-18(17)25/h3-13H,2,14H2,1H3. The molecule has 0 saturated carbocycles. The summed E-state index contributed by atoms with van der Waals surface area (Å²) in [4.78, 5) is 20.0. The van der Waals surface area contributed by atoms with Crippen molar-refractivity contribution in [1.82, 2.24) is 4.98 Å². The first kappa shape index (κ1) is 20.8.